The lowest BCUT2D eigenvalue weighted by molar-refractivity contribution is 0.229. The number of rotatable bonds is 7. The van der Waals surface area contributed by atoms with Crippen LogP contribution < -0.4 is 15.8 Å². The van der Waals surface area contributed by atoms with Crippen LogP contribution in [0.15, 0.2) is 18.2 Å². The van der Waals surface area contributed by atoms with Crippen molar-refractivity contribution >= 4 is 11.4 Å². The van der Waals surface area contributed by atoms with E-state index in [1.807, 2.05) is 25.1 Å². The fraction of sp³-hybridized carbons (Fsp3) is 0.538. The lowest BCUT2D eigenvalue weighted by Crippen LogP contribution is -2.08. The van der Waals surface area contributed by atoms with Gasteiger partial charge in [0.05, 0.1) is 18.5 Å². The molecule has 1 aromatic rings. The van der Waals surface area contributed by atoms with Crippen LogP contribution in [-0.2, 0) is 0 Å². The standard InChI is InChI=1S/C13H22N2O2/c1-10(9-16)5-4-8-15-11-6-3-7-12(17-2)13(11)14/h3,6-7,10,15-16H,4-5,8-9,14H2,1-2H3. The zero-order chi connectivity index (χ0) is 12.7. The number of methoxy groups -OCH3 is 1. The smallest absolute Gasteiger partial charge is 0.143 e. The van der Waals surface area contributed by atoms with E-state index < -0.39 is 0 Å². The molecule has 17 heavy (non-hydrogen) atoms. The van der Waals surface area contributed by atoms with Gasteiger partial charge in [-0.1, -0.05) is 13.0 Å². The molecule has 1 aromatic carbocycles. The Morgan fingerprint density at radius 2 is 2.24 bits per heavy atom. The molecule has 0 amide bonds. The number of ether oxygens (including phenoxy) is 1. The molecule has 0 bridgehead atoms. The summed E-state index contributed by atoms with van der Waals surface area (Å²) in [5.74, 6) is 1.05. The van der Waals surface area contributed by atoms with Crippen molar-refractivity contribution in [3.63, 3.8) is 0 Å². The molecule has 0 aliphatic rings. The maximum absolute atomic E-state index is 8.91. The third-order valence-corrected chi connectivity index (χ3v) is 2.79. The molecule has 0 spiro atoms. The molecule has 0 aromatic heterocycles. The normalized spacial score (nSPS) is 12.2. The van der Waals surface area contributed by atoms with E-state index in [-0.39, 0.29) is 6.61 Å². The van der Waals surface area contributed by atoms with Gasteiger partial charge in [-0.3, -0.25) is 0 Å². The predicted molar refractivity (Wildman–Crippen MR) is 71.4 cm³/mol. The van der Waals surface area contributed by atoms with Crippen LogP contribution in [0.5, 0.6) is 5.75 Å². The second-order valence-corrected chi connectivity index (χ2v) is 4.28. The highest BCUT2D eigenvalue weighted by Crippen LogP contribution is 2.28. The summed E-state index contributed by atoms with van der Waals surface area (Å²) in [6.45, 7) is 3.14. The molecule has 96 valence electrons. The number of aliphatic hydroxyl groups excluding tert-OH is 1. The van der Waals surface area contributed by atoms with Gasteiger partial charge >= 0.3 is 0 Å². The van der Waals surface area contributed by atoms with Crippen LogP contribution in [0.1, 0.15) is 19.8 Å². The van der Waals surface area contributed by atoms with E-state index in [0.717, 1.165) is 25.1 Å². The molecule has 4 nitrogen and oxygen atoms in total. The third-order valence-electron chi connectivity index (χ3n) is 2.79. The minimum Gasteiger partial charge on any atom is -0.495 e. The van der Waals surface area contributed by atoms with Crippen LogP contribution in [0.25, 0.3) is 0 Å². The van der Waals surface area contributed by atoms with Crippen LogP contribution in [-0.4, -0.2) is 25.4 Å². The highest BCUT2D eigenvalue weighted by Gasteiger charge is 2.04. The average Bonchev–Trinajstić information content (AvgIpc) is 2.36. The maximum Gasteiger partial charge on any atom is 0.143 e. The van der Waals surface area contributed by atoms with Crippen molar-refractivity contribution in [1.82, 2.24) is 0 Å². The van der Waals surface area contributed by atoms with Gasteiger partial charge in [-0.15, -0.1) is 0 Å². The first-order chi connectivity index (χ1) is 8.19. The molecule has 0 aliphatic carbocycles. The van der Waals surface area contributed by atoms with Gasteiger partial charge in [-0.25, -0.2) is 0 Å². The van der Waals surface area contributed by atoms with Crippen LogP contribution in [0, 0.1) is 5.92 Å². The molecule has 4 N–H and O–H groups in total. The van der Waals surface area contributed by atoms with Gasteiger partial charge in [0.25, 0.3) is 0 Å². The minimum atomic E-state index is 0.251. The van der Waals surface area contributed by atoms with Gasteiger partial charge in [0.2, 0.25) is 0 Å². The fourth-order valence-electron chi connectivity index (χ4n) is 1.64. The first-order valence-electron chi connectivity index (χ1n) is 5.96. The zero-order valence-electron chi connectivity index (χ0n) is 10.6. The molecule has 0 heterocycles. The monoisotopic (exact) mass is 238 g/mol. The van der Waals surface area contributed by atoms with E-state index in [2.05, 4.69) is 5.32 Å². The summed E-state index contributed by atoms with van der Waals surface area (Å²) in [6, 6.07) is 5.69. The van der Waals surface area contributed by atoms with E-state index >= 15 is 0 Å². The second kappa shape index (κ2) is 7.01. The minimum absolute atomic E-state index is 0.251. The van der Waals surface area contributed by atoms with Crippen molar-refractivity contribution in [2.45, 2.75) is 19.8 Å². The summed E-state index contributed by atoms with van der Waals surface area (Å²) in [5, 5.41) is 12.2. The van der Waals surface area contributed by atoms with Crippen molar-refractivity contribution < 1.29 is 9.84 Å². The molecular weight excluding hydrogens is 216 g/mol. The van der Waals surface area contributed by atoms with Gasteiger partial charge in [-0.05, 0) is 30.9 Å². The number of nitrogens with two attached hydrogens (primary N) is 1. The molecule has 1 atom stereocenters. The summed E-state index contributed by atoms with van der Waals surface area (Å²) < 4.78 is 5.15. The number of aliphatic hydroxyl groups is 1. The van der Waals surface area contributed by atoms with E-state index in [1.165, 1.54) is 0 Å². The quantitative estimate of drug-likeness (QED) is 0.502. The zero-order valence-corrected chi connectivity index (χ0v) is 10.6. The first-order valence-corrected chi connectivity index (χ1v) is 5.96. The molecule has 0 radical (unpaired) electrons. The largest absolute Gasteiger partial charge is 0.495 e. The van der Waals surface area contributed by atoms with Crippen LogP contribution >= 0.6 is 0 Å². The summed E-state index contributed by atoms with van der Waals surface area (Å²) in [4.78, 5) is 0. The molecular formula is C13H22N2O2. The predicted octanol–water partition coefficient (Wildman–Crippen LogP) is 2.10. The molecule has 0 saturated carbocycles. The van der Waals surface area contributed by atoms with Crippen molar-refractivity contribution in [2.75, 3.05) is 31.3 Å². The molecule has 0 aliphatic heterocycles. The molecule has 1 unspecified atom stereocenters. The van der Waals surface area contributed by atoms with Crippen LogP contribution in [0.3, 0.4) is 0 Å². The number of nitrogens with one attached hydrogen (secondary N) is 1. The van der Waals surface area contributed by atoms with Crippen molar-refractivity contribution in [3.8, 4) is 5.75 Å². The highest BCUT2D eigenvalue weighted by molar-refractivity contribution is 5.72. The van der Waals surface area contributed by atoms with Gasteiger partial charge in [-0.2, -0.15) is 0 Å². The number of hydrogen-bond donors (Lipinski definition) is 3. The highest BCUT2D eigenvalue weighted by atomic mass is 16.5. The number of anilines is 2. The molecule has 4 heteroatoms. The maximum atomic E-state index is 8.91. The summed E-state index contributed by atoms with van der Waals surface area (Å²) in [5.41, 5.74) is 7.48. The fourth-order valence-corrected chi connectivity index (χ4v) is 1.64. The van der Waals surface area contributed by atoms with E-state index in [4.69, 9.17) is 15.6 Å². The van der Waals surface area contributed by atoms with Crippen molar-refractivity contribution in [3.05, 3.63) is 18.2 Å². The topological polar surface area (TPSA) is 67.5 Å². The van der Waals surface area contributed by atoms with Crippen LogP contribution in [0.2, 0.25) is 0 Å². The Bertz CT molecular complexity index is 342. The molecule has 1 rings (SSSR count). The Morgan fingerprint density at radius 3 is 2.88 bits per heavy atom. The van der Waals surface area contributed by atoms with Crippen molar-refractivity contribution in [1.29, 1.82) is 0 Å². The molecule has 0 fully saturated rings. The lowest BCUT2D eigenvalue weighted by Gasteiger charge is -2.13. The average molecular weight is 238 g/mol. The number of hydrogen-bond acceptors (Lipinski definition) is 4. The summed E-state index contributed by atoms with van der Waals surface area (Å²) in [7, 11) is 1.61. The summed E-state index contributed by atoms with van der Waals surface area (Å²) >= 11 is 0. The van der Waals surface area contributed by atoms with E-state index in [1.54, 1.807) is 7.11 Å². The van der Waals surface area contributed by atoms with Crippen LogP contribution in [0.4, 0.5) is 11.4 Å². The third kappa shape index (κ3) is 4.15. The van der Waals surface area contributed by atoms with E-state index in [0.29, 0.717) is 17.4 Å². The Labute approximate surface area is 103 Å². The Hall–Kier alpha value is -1.42. The van der Waals surface area contributed by atoms with Gasteiger partial charge < -0.3 is 20.9 Å². The van der Waals surface area contributed by atoms with Crippen molar-refractivity contribution in [2.24, 2.45) is 5.92 Å². The Balaban J connectivity index is 2.41. The lowest BCUT2D eigenvalue weighted by atomic mass is 10.1. The number of nitrogen functional groups attached to an aromatic ring is 1. The second-order valence-electron chi connectivity index (χ2n) is 4.28. The molecule has 0 saturated heterocycles. The van der Waals surface area contributed by atoms with Gasteiger partial charge in [0.1, 0.15) is 5.75 Å². The number of para-hydroxylation sites is 1. The summed E-state index contributed by atoms with van der Waals surface area (Å²) in [6.07, 6.45) is 2.02. The Kier molecular flexibility index (Phi) is 5.63. The van der Waals surface area contributed by atoms with Gasteiger partial charge in [0.15, 0.2) is 0 Å². The Morgan fingerprint density at radius 1 is 1.47 bits per heavy atom. The number of benzene rings is 1. The van der Waals surface area contributed by atoms with E-state index in [9.17, 15) is 0 Å². The SMILES string of the molecule is COc1cccc(NCCCC(C)CO)c1N. The van der Waals surface area contributed by atoms with Gasteiger partial charge in [0, 0.05) is 13.2 Å². The first kappa shape index (κ1) is 13.6.